The molecular weight excluding hydrogens is 310 g/mol. The highest BCUT2D eigenvalue weighted by Crippen LogP contribution is 2.34. The van der Waals surface area contributed by atoms with Gasteiger partial charge in [-0.15, -0.1) is 0 Å². The van der Waals surface area contributed by atoms with Crippen LogP contribution in [0.4, 0.5) is 0 Å². The summed E-state index contributed by atoms with van der Waals surface area (Å²) in [7, 11) is 2.12. The number of hydrogen-bond donors (Lipinski definition) is 1. The summed E-state index contributed by atoms with van der Waals surface area (Å²) in [4.78, 5) is 0. The molecule has 1 aliphatic rings. The van der Waals surface area contributed by atoms with Crippen LogP contribution in [-0.4, -0.2) is 13.1 Å². The smallest absolute Gasteiger partial charge is 0.0207 e. The molecule has 0 aliphatic heterocycles. The molecule has 1 saturated carbocycles. The molecule has 20 heavy (non-hydrogen) atoms. The van der Waals surface area contributed by atoms with Crippen molar-refractivity contribution < 1.29 is 0 Å². The van der Waals surface area contributed by atoms with Crippen molar-refractivity contribution in [1.82, 2.24) is 5.32 Å². The van der Waals surface area contributed by atoms with Gasteiger partial charge in [0, 0.05) is 10.5 Å². The van der Waals surface area contributed by atoms with Gasteiger partial charge in [-0.2, -0.15) is 0 Å². The maximum atomic E-state index is 3.68. The summed E-state index contributed by atoms with van der Waals surface area (Å²) in [5.41, 5.74) is 1.43. The van der Waals surface area contributed by atoms with Gasteiger partial charge in [-0.1, -0.05) is 66.7 Å². The SMILES string of the molecule is CCCC1CCC(C(Cc2ccccc2Br)NC)CC1. The van der Waals surface area contributed by atoms with Gasteiger partial charge in [0.1, 0.15) is 0 Å². The molecule has 0 spiro atoms. The highest BCUT2D eigenvalue weighted by Gasteiger charge is 2.26. The molecule has 2 rings (SSSR count). The first kappa shape index (κ1) is 16.0. The quantitative estimate of drug-likeness (QED) is 0.753. The Balaban J connectivity index is 1.91. The molecule has 0 saturated heterocycles. The molecule has 0 amide bonds. The van der Waals surface area contributed by atoms with Crippen molar-refractivity contribution in [3.05, 3.63) is 34.3 Å². The lowest BCUT2D eigenvalue weighted by atomic mass is 9.76. The van der Waals surface area contributed by atoms with Gasteiger partial charge in [0.25, 0.3) is 0 Å². The average Bonchev–Trinajstić information content (AvgIpc) is 2.48. The fourth-order valence-electron chi connectivity index (χ4n) is 3.69. The molecule has 112 valence electrons. The van der Waals surface area contributed by atoms with Crippen molar-refractivity contribution in [3.8, 4) is 0 Å². The van der Waals surface area contributed by atoms with Crippen LogP contribution in [0.2, 0.25) is 0 Å². The monoisotopic (exact) mass is 337 g/mol. The minimum absolute atomic E-state index is 0.622. The molecule has 1 unspecified atom stereocenters. The molecule has 0 radical (unpaired) electrons. The highest BCUT2D eigenvalue weighted by molar-refractivity contribution is 9.10. The zero-order chi connectivity index (χ0) is 14.4. The third-order valence-electron chi connectivity index (χ3n) is 4.93. The third-order valence-corrected chi connectivity index (χ3v) is 5.70. The molecule has 1 N–H and O–H groups in total. The van der Waals surface area contributed by atoms with Crippen molar-refractivity contribution in [2.75, 3.05) is 7.05 Å². The van der Waals surface area contributed by atoms with Gasteiger partial charge in [-0.25, -0.2) is 0 Å². The lowest BCUT2D eigenvalue weighted by Gasteiger charge is -2.34. The second kappa shape index (κ2) is 8.19. The van der Waals surface area contributed by atoms with E-state index in [0.29, 0.717) is 6.04 Å². The van der Waals surface area contributed by atoms with Crippen LogP contribution in [-0.2, 0) is 6.42 Å². The minimum atomic E-state index is 0.622. The van der Waals surface area contributed by atoms with Gasteiger partial charge in [-0.05, 0) is 49.8 Å². The molecule has 1 aliphatic carbocycles. The maximum absolute atomic E-state index is 3.68. The molecule has 1 atom stereocenters. The van der Waals surface area contributed by atoms with Crippen LogP contribution >= 0.6 is 15.9 Å². The first-order chi connectivity index (χ1) is 9.74. The summed E-state index contributed by atoms with van der Waals surface area (Å²) in [6, 6.07) is 9.26. The van der Waals surface area contributed by atoms with E-state index in [1.807, 2.05) is 0 Å². The van der Waals surface area contributed by atoms with Crippen molar-refractivity contribution in [3.63, 3.8) is 0 Å². The second-order valence-electron chi connectivity index (χ2n) is 6.26. The second-order valence-corrected chi connectivity index (χ2v) is 7.11. The van der Waals surface area contributed by atoms with Crippen LogP contribution < -0.4 is 5.32 Å². The number of nitrogens with one attached hydrogen (secondary N) is 1. The molecule has 0 bridgehead atoms. The summed E-state index contributed by atoms with van der Waals surface area (Å²) < 4.78 is 1.25. The predicted molar refractivity (Wildman–Crippen MR) is 91.0 cm³/mol. The lowest BCUT2D eigenvalue weighted by Crippen LogP contribution is -2.37. The van der Waals surface area contributed by atoms with Crippen LogP contribution in [0.25, 0.3) is 0 Å². The van der Waals surface area contributed by atoms with E-state index in [2.05, 4.69) is 59.5 Å². The van der Waals surface area contributed by atoms with Crippen molar-refractivity contribution in [2.24, 2.45) is 11.8 Å². The summed E-state index contributed by atoms with van der Waals surface area (Å²) in [6.45, 7) is 2.31. The summed E-state index contributed by atoms with van der Waals surface area (Å²) in [5.74, 6) is 1.84. The Morgan fingerprint density at radius 1 is 1.20 bits per heavy atom. The number of benzene rings is 1. The van der Waals surface area contributed by atoms with Gasteiger partial charge < -0.3 is 5.32 Å². The average molecular weight is 338 g/mol. The largest absolute Gasteiger partial charge is 0.316 e. The first-order valence-corrected chi connectivity index (χ1v) is 8.94. The highest BCUT2D eigenvalue weighted by atomic mass is 79.9. The topological polar surface area (TPSA) is 12.0 Å². The first-order valence-electron chi connectivity index (χ1n) is 8.15. The Labute approximate surface area is 132 Å². The van der Waals surface area contributed by atoms with Crippen LogP contribution in [0.3, 0.4) is 0 Å². The summed E-state index contributed by atoms with van der Waals surface area (Å²) in [6.07, 6.45) is 9.60. The number of likely N-dealkylation sites (N-methyl/N-ethyl adjacent to an activating group) is 1. The maximum Gasteiger partial charge on any atom is 0.0207 e. The Bertz CT molecular complexity index is 396. The third kappa shape index (κ3) is 4.33. The summed E-state index contributed by atoms with van der Waals surface area (Å²) >= 11 is 3.68. The van der Waals surface area contributed by atoms with Gasteiger partial charge in [0.05, 0.1) is 0 Å². The Morgan fingerprint density at radius 2 is 1.90 bits per heavy atom. The van der Waals surface area contributed by atoms with Gasteiger partial charge in [0.2, 0.25) is 0 Å². The lowest BCUT2D eigenvalue weighted by molar-refractivity contribution is 0.217. The normalized spacial score (nSPS) is 24.6. The molecular formula is C18H28BrN. The Morgan fingerprint density at radius 3 is 2.50 bits per heavy atom. The molecule has 1 fully saturated rings. The molecule has 2 heteroatoms. The van der Waals surface area contributed by atoms with Crippen LogP contribution in [0.5, 0.6) is 0 Å². The molecule has 0 aromatic heterocycles. The van der Waals surface area contributed by atoms with Crippen molar-refractivity contribution >= 4 is 15.9 Å². The number of rotatable bonds is 6. The van der Waals surface area contributed by atoms with E-state index in [1.165, 1.54) is 48.6 Å². The number of hydrogen-bond acceptors (Lipinski definition) is 1. The van der Waals surface area contributed by atoms with E-state index in [9.17, 15) is 0 Å². The Kier molecular flexibility index (Phi) is 6.57. The zero-order valence-electron chi connectivity index (χ0n) is 12.9. The van der Waals surface area contributed by atoms with E-state index in [0.717, 1.165) is 18.3 Å². The molecule has 1 nitrogen and oxygen atoms in total. The Hall–Kier alpha value is -0.340. The standard InChI is InChI=1S/C18H28BrN/c1-3-6-14-9-11-15(12-10-14)18(20-2)13-16-7-4-5-8-17(16)19/h4-5,7-8,14-15,18,20H,3,6,9-13H2,1-2H3. The van der Waals surface area contributed by atoms with E-state index >= 15 is 0 Å². The predicted octanol–water partition coefficient (Wildman–Crippen LogP) is 5.19. The van der Waals surface area contributed by atoms with E-state index < -0.39 is 0 Å². The van der Waals surface area contributed by atoms with Gasteiger partial charge in [0.15, 0.2) is 0 Å². The molecule has 1 aromatic rings. The number of halogens is 1. The minimum Gasteiger partial charge on any atom is -0.316 e. The van der Waals surface area contributed by atoms with E-state index in [-0.39, 0.29) is 0 Å². The van der Waals surface area contributed by atoms with E-state index in [1.54, 1.807) is 0 Å². The van der Waals surface area contributed by atoms with Gasteiger partial charge in [-0.3, -0.25) is 0 Å². The zero-order valence-corrected chi connectivity index (χ0v) is 14.5. The summed E-state index contributed by atoms with van der Waals surface area (Å²) in [5, 5.41) is 3.57. The molecule has 0 heterocycles. The van der Waals surface area contributed by atoms with Crippen LogP contribution in [0.1, 0.15) is 51.0 Å². The fraction of sp³-hybridized carbons (Fsp3) is 0.667. The molecule has 1 aromatic carbocycles. The van der Waals surface area contributed by atoms with Crippen molar-refractivity contribution in [2.45, 2.75) is 57.9 Å². The van der Waals surface area contributed by atoms with Gasteiger partial charge >= 0.3 is 0 Å². The van der Waals surface area contributed by atoms with Crippen LogP contribution in [0, 0.1) is 11.8 Å². The van der Waals surface area contributed by atoms with Crippen molar-refractivity contribution in [1.29, 1.82) is 0 Å². The van der Waals surface area contributed by atoms with E-state index in [4.69, 9.17) is 0 Å². The van der Waals surface area contributed by atoms with Crippen LogP contribution in [0.15, 0.2) is 28.7 Å². The fourth-order valence-corrected chi connectivity index (χ4v) is 4.14.